The summed E-state index contributed by atoms with van der Waals surface area (Å²) in [7, 11) is 0. The monoisotopic (exact) mass is 449 g/mol. The van der Waals surface area contributed by atoms with Crippen LogP contribution >= 0.6 is 27.5 Å². The highest BCUT2D eigenvalue weighted by atomic mass is 79.9. The standard InChI is InChI=1S/C19H17BrClN3O3/c1-19(2,3)27-15(25)10-24-17(11-5-4-6-13(21)7-11)23-16-14(18(24)26)8-12(20)9-22-16/h4-9H,10H2,1-3H3. The molecule has 3 aromatic rings. The lowest BCUT2D eigenvalue weighted by Crippen LogP contribution is -2.32. The highest BCUT2D eigenvalue weighted by Crippen LogP contribution is 2.23. The minimum atomic E-state index is -0.661. The number of fused-ring (bicyclic) bond motifs is 1. The van der Waals surface area contributed by atoms with E-state index >= 15 is 0 Å². The van der Waals surface area contributed by atoms with E-state index in [-0.39, 0.29) is 12.1 Å². The van der Waals surface area contributed by atoms with E-state index in [1.54, 1.807) is 57.3 Å². The molecule has 0 aliphatic carbocycles. The summed E-state index contributed by atoms with van der Waals surface area (Å²) in [6.07, 6.45) is 1.56. The Balaban J connectivity index is 2.21. The highest BCUT2D eigenvalue weighted by molar-refractivity contribution is 9.10. The van der Waals surface area contributed by atoms with Crippen LogP contribution in [0.5, 0.6) is 0 Å². The van der Waals surface area contributed by atoms with E-state index in [9.17, 15) is 9.59 Å². The number of rotatable bonds is 3. The third kappa shape index (κ3) is 4.54. The van der Waals surface area contributed by atoms with E-state index < -0.39 is 11.6 Å². The molecule has 2 aromatic heterocycles. The molecule has 3 rings (SSSR count). The van der Waals surface area contributed by atoms with Crippen LogP contribution in [-0.2, 0) is 16.1 Å². The summed E-state index contributed by atoms with van der Waals surface area (Å²) in [4.78, 5) is 34.2. The molecule has 0 saturated heterocycles. The predicted octanol–water partition coefficient (Wildman–Crippen LogP) is 4.22. The van der Waals surface area contributed by atoms with Crippen LogP contribution in [0.15, 0.2) is 45.8 Å². The Morgan fingerprint density at radius 1 is 1.30 bits per heavy atom. The van der Waals surface area contributed by atoms with E-state index in [4.69, 9.17) is 16.3 Å². The molecule has 2 heterocycles. The van der Waals surface area contributed by atoms with Crippen molar-refractivity contribution in [1.82, 2.24) is 14.5 Å². The number of carbonyl (C=O) groups excluding carboxylic acids is 1. The topological polar surface area (TPSA) is 74.1 Å². The van der Waals surface area contributed by atoms with Crippen LogP contribution in [0.25, 0.3) is 22.4 Å². The van der Waals surface area contributed by atoms with Gasteiger partial charge < -0.3 is 4.74 Å². The van der Waals surface area contributed by atoms with Gasteiger partial charge in [0.15, 0.2) is 5.65 Å². The quantitative estimate of drug-likeness (QED) is 0.559. The number of hydrogen-bond acceptors (Lipinski definition) is 5. The molecule has 0 radical (unpaired) electrons. The minimum Gasteiger partial charge on any atom is -0.459 e. The number of nitrogens with zero attached hydrogens (tertiary/aromatic N) is 3. The Morgan fingerprint density at radius 3 is 2.70 bits per heavy atom. The van der Waals surface area contributed by atoms with Crippen molar-refractivity contribution >= 4 is 44.5 Å². The molecule has 8 heteroatoms. The van der Waals surface area contributed by atoms with Gasteiger partial charge in [0.2, 0.25) is 0 Å². The molecule has 0 atom stereocenters. The minimum absolute atomic E-state index is 0.270. The molecular formula is C19H17BrClN3O3. The van der Waals surface area contributed by atoms with Crippen LogP contribution in [0.2, 0.25) is 5.02 Å². The van der Waals surface area contributed by atoms with Gasteiger partial charge in [0, 0.05) is 21.3 Å². The Kier molecular flexibility index (Phi) is 5.35. The van der Waals surface area contributed by atoms with E-state index in [1.165, 1.54) is 4.57 Å². The molecule has 0 N–H and O–H groups in total. The summed E-state index contributed by atoms with van der Waals surface area (Å²) in [5.41, 5.74) is -0.144. The third-order valence-corrected chi connectivity index (χ3v) is 4.24. The van der Waals surface area contributed by atoms with Gasteiger partial charge in [-0.05, 0) is 54.9 Å². The zero-order valence-corrected chi connectivity index (χ0v) is 17.3. The zero-order valence-electron chi connectivity index (χ0n) is 15.0. The first-order chi connectivity index (χ1) is 12.6. The van der Waals surface area contributed by atoms with Crippen molar-refractivity contribution in [2.75, 3.05) is 0 Å². The Labute approximate surface area is 169 Å². The molecule has 0 amide bonds. The van der Waals surface area contributed by atoms with Gasteiger partial charge in [0.05, 0.1) is 5.39 Å². The van der Waals surface area contributed by atoms with Gasteiger partial charge in [-0.15, -0.1) is 0 Å². The first-order valence-electron chi connectivity index (χ1n) is 8.18. The van der Waals surface area contributed by atoms with E-state index in [1.807, 2.05) is 0 Å². The van der Waals surface area contributed by atoms with Crippen LogP contribution in [0, 0.1) is 0 Å². The van der Waals surface area contributed by atoms with Crippen molar-refractivity contribution in [2.45, 2.75) is 32.9 Å². The number of benzene rings is 1. The summed E-state index contributed by atoms with van der Waals surface area (Å²) < 4.78 is 7.30. The Morgan fingerprint density at radius 2 is 2.04 bits per heavy atom. The first-order valence-corrected chi connectivity index (χ1v) is 9.35. The lowest BCUT2D eigenvalue weighted by atomic mass is 10.2. The molecule has 140 valence electrons. The van der Waals surface area contributed by atoms with E-state index in [0.29, 0.717) is 31.9 Å². The molecule has 0 unspecified atom stereocenters. The van der Waals surface area contributed by atoms with Crippen LogP contribution in [0.1, 0.15) is 20.8 Å². The summed E-state index contributed by atoms with van der Waals surface area (Å²) in [5, 5.41) is 0.799. The predicted molar refractivity (Wildman–Crippen MR) is 108 cm³/mol. The van der Waals surface area contributed by atoms with Gasteiger partial charge >= 0.3 is 5.97 Å². The second-order valence-corrected chi connectivity index (χ2v) is 8.30. The lowest BCUT2D eigenvalue weighted by Gasteiger charge is -2.20. The van der Waals surface area contributed by atoms with E-state index in [2.05, 4.69) is 25.9 Å². The second kappa shape index (κ2) is 7.40. The Bertz CT molecular complexity index is 1090. The fourth-order valence-electron chi connectivity index (χ4n) is 2.58. The molecule has 0 fully saturated rings. The number of hydrogen-bond donors (Lipinski definition) is 0. The van der Waals surface area contributed by atoms with Crippen molar-refractivity contribution in [1.29, 1.82) is 0 Å². The molecule has 0 spiro atoms. The number of pyridine rings is 1. The number of halogens is 2. The first kappa shape index (κ1) is 19.5. The van der Waals surface area contributed by atoms with Gasteiger partial charge in [0.1, 0.15) is 18.0 Å². The summed E-state index contributed by atoms with van der Waals surface area (Å²) in [6.45, 7) is 5.04. The van der Waals surface area contributed by atoms with Crippen molar-refractivity contribution in [3.63, 3.8) is 0 Å². The van der Waals surface area contributed by atoms with Gasteiger partial charge in [-0.1, -0.05) is 23.7 Å². The summed E-state index contributed by atoms with van der Waals surface area (Å²) >= 11 is 9.40. The largest absolute Gasteiger partial charge is 0.459 e. The smallest absolute Gasteiger partial charge is 0.326 e. The molecule has 0 aliphatic heterocycles. The molecule has 0 saturated carbocycles. The fraction of sp³-hybridized carbons (Fsp3) is 0.263. The van der Waals surface area contributed by atoms with Gasteiger partial charge in [-0.3, -0.25) is 14.2 Å². The second-order valence-electron chi connectivity index (χ2n) is 6.95. The van der Waals surface area contributed by atoms with Gasteiger partial charge in [0.25, 0.3) is 5.56 Å². The molecule has 1 aromatic carbocycles. The number of carbonyl (C=O) groups is 1. The Hall–Kier alpha value is -2.25. The summed E-state index contributed by atoms with van der Waals surface area (Å²) in [6, 6.07) is 8.55. The van der Waals surface area contributed by atoms with E-state index in [0.717, 1.165) is 0 Å². The maximum Gasteiger partial charge on any atom is 0.326 e. The molecule has 0 bridgehead atoms. The SMILES string of the molecule is CC(C)(C)OC(=O)Cn1c(-c2cccc(Cl)c2)nc2ncc(Br)cc2c1=O. The highest BCUT2D eigenvalue weighted by Gasteiger charge is 2.21. The average molecular weight is 451 g/mol. The molecule has 27 heavy (non-hydrogen) atoms. The van der Waals surface area contributed by atoms with Crippen molar-refractivity contribution in [2.24, 2.45) is 0 Å². The van der Waals surface area contributed by atoms with Crippen LogP contribution < -0.4 is 5.56 Å². The van der Waals surface area contributed by atoms with Crippen molar-refractivity contribution in [3.05, 3.63) is 56.4 Å². The maximum absolute atomic E-state index is 13.1. The third-order valence-electron chi connectivity index (χ3n) is 3.57. The normalized spacial score (nSPS) is 11.6. The average Bonchev–Trinajstić information content (AvgIpc) is 2.56. The number of aromatic nitrogens is 3. The molecule has 0 aliphatic rings. The number of esters is 1. The molecule has 6 nitrogen and oxygen atoms in total. The van der Waals surface area contributed by atoms with Crippen molar-refractivity contribution < 1.29 is 9.53 Å². The number of ether oxygens (including phenoxy) is 1. The van der Waals surface area contributed by atoms with Crippen LogP contribution in [-0.4, -0.2) is 26.1 Å². The van der Waals surface area contributed by atoms with Crippen LogP contribution in [0.3, 0.4) is 0 Å². The lowest BCUT2D eigenvalue weighted by molar-refractivity contribution is -0.155. The van der Waals surface area contributed by atoms with Gasteiger partial charge in [-0.25, -0.2) is 9.97 Å². The van der Waals surface area contributed by atoms with Crippen molar-refractivity contribution in [3.8, 4) is 11.4 Å². The van der Waals surface area contributed by atoms with Crippen LogP contribution in [0.4, 0.5) is 0 Å². The fourth-order valence-corrected chi connectivity index (χ4v) is 3.10. The van der Waals surface area contributed by atoms with Gasteiger partial charge in [-0.2, -0.15) is 0 Å². The zero-order chi connectivity index (χ0) is 19.8. The molecular weight excluding hydrogens is 434 g/mol. The maximum atomic E-state index is 13.1. The summed E-state index contributed by atoms with van der Waals surface area (Å²) in [5.74, 6) is -0.229.